The van der Waals surface area contributed by atoms with Gasteiger partial charge in [0.25, 0.3) is 5.56 Å². The van der Waals surface area contributed by atoms with Gasteiger partial charge in [-0.05, 0) is 30.3 Å². The van der Waals surface area contributed by atoms with Crippen molar-refractivity contribution in [1.82, 2.24) is 4.57 Å². The number of hydrogen-bond acceptors (Lipinski definition) is 3. The van der Waals surface area contributed by atoms with Gasteiger partial charge in [0.05, 0.1) is 18.2 Å². The summed E-state index contributed by atoms with van der Waals surface area (Å²) in [5.74, 6) is -0.492. The molecule has 2 aromatic rings. The van der Waals surface area contributed by atoms with Crippen LogP contribution in [0.3, 0.4) is 0 Å². The van der Waals surface area contributed by atoms with E-state index in [4.69, 9.17) is 10.5 Å². The van der Waals surface area contributed by atoms with E-state index in [2.05, 4.69) is 0 Å². The second-order valence-corrected chi connectivity index (χ2v) is 3.88. The van der Waals surface area contributed by atoms with Crippen LogP contribution in [-0.2, 0) is 6.54 Å². The van der Waals surface area contributed by atoms with E-state index in [9.17, 15) is 9.18 Å². The molecule has 0 N–H and O–H groups in total. The van der Waals surface area contributed by atoms with Crippen molar-refractivity contribution in [3.63, 3.8) is 0 Å². The third-order valence-corrected chi connectivity index (χ3v) is 2.66. The number of nitriles is 2. The Kier molecular flexibility index (Phi) is 3.40. The highest BCUT2D eigenvalue weighted by molar-refractivity contribution is 5.34. The maximum Gasteiger partial charge on any atom is 0.268 e. The molecule has 0 saturated heterocycles. The van der Waals surface area contributed by atoms with Gasteiger partial charge in [0.2, 0.25) is 0 Å². The summed E-state index contributed by atoms with van der Waals surface area (Å²) in [5.41, 5.74) is 0.0724. The first kappa shape index (κ1) is 12.5. The highest BCUT2D eigenvalue weighted by Crippen LogP contribution is 2.11. The lowest BCUT2D eigenvalue weighted by Gasteiger charge is -2.07. The molecule has 0 amide bonds. The second kappa shape index (κ2) is 5.16. The number of hydrogen-bond donors (Lipinski definition) is 0. The maximum atomic E-state index is 13.6. The van der Waals surface area contributed by atoms with Crippen LogP contribution >= 0.6 is 0 Å². The SMILES string of the molecule is N#Cc1ccc(F)c(Cn2cccc(C#N)c2=O)c1. The topological polar surface area (TPSA) is 69.6 Å². The van der Waals surface area contributed by atoms with Crippen LogP contribution < -0.4 is 5.56 Å². The summed E-state index contributed by atoms with van der Waals surface area (Å²) in [6, 6.07) is 10.6. The van der Waals surface area contributed by atoms with Crippen molar-refractivity contribution in [3.8, 4) is 12.1 Å². The molecular formula is C14H8FN3O. The first-order valence-electron chi connectivity index (χ1n) is 5.44. The summed E-state index contributed by atoms with van der Waals surface area (Å²) in [6.07, 6.45) is 1.47. The average Bonchev–Trinajstić information content (AvgIpc) is 2.43. The molecule has 5 heteroatoms. The van der Waals surface area contributed by atoms with Crippen molar-refractivity contribution in [3.05, 3.63) is 69.4 Å². The van der Waals surface area contributed by atoms with Crippen LogP contribution in [0, 0.1) is 28.5 Å². The van der Waals surface area contributed by atoms with E-state index in [0.717, 1.165) is 0 Å². The number of halogens is 1. The van der Waals surface area contributed by atoms with Crippen molar-refractivity contribution < 1.29 is 4.39 Å². The largest absolute Gasteiger partial charge is 0.310 e. The molecule has 0 spiro atoms. The third kappa shape index (κ3) is 2.51. The molecule has 4 nitrogen and oxygen atoms in total. The van der Waals surface area contributed by atoms with Gasteiger partial charge in [-0.1, -0.05) is 0 Å². The van der Waals surface area contributed by atoms with Gasteiger partial charge in [-0.2, -0.15) is 10.5 Å². The lowest BCUT2D eigenvalue weighted by molar-refractivity contribution is 0.596. The van der Waals surface area contributed by atoms with Gasteiger partial charge in [0, 0.05) is 11.8 Å². The molecule has 0 fully saturated rings. The first-order valence-corrected chi connectivity index (χ1v) is 5.44. The van der Waals surface area contributed by atoms with E-state index in [0.29, 0.717) is 5.56 Å². The Morgan fingerprint density at radius 1 is 1.21 bits per heavy atom. The first-order chi connectivity index (χ1) is 9.15. The number of rotatable bonds is 2. The minimum Gasteiger partial charge on any atom is -0.310 e. The zero-order valence-electron chi connectivity index (χ0n) is 9.80. The minimum atomic E-state index is -0.492. The third-order valence-electron chi connectivity index (χ3n) is 2.66. The molecule has 0 aliphatic carbocycles. The molecule has 92 valence electrons. The van der Waals surface area contributed by atoms with Gasteiger partial charge in [-0.3, -0.25) is 4.79 Å². The van der Waals surface area contributed by atoms with Crippen molar-refractivity contribution in [2.24, 2.45) is 0 Å². The predicted molar refractivity (Wildman–Crippen MR) is 65.6 cm³/mol. The van der Waals surface area contributed by atoms with Crippen LogP contribution in [0.15, 0.2) is 41.3 Å². The monoisotopic (exact) mass is 253 g/mol. The second-order valence-electron chi connectivity index (χ2n) is 3.88. The van der Waals surface area contributed by atoms with Crippen LogP contribution in [-0.4, -0.2) is 4.57 Å². The van der Waals surface area contributed by atoms with E-state index in [-0.39, 0.29) is 17.7 Å². The summed E-state index contributed by atoms with van der Waals surface area (Å²) >= 11 is 0. The fourth-order valence-corrected chi connectivity index (χ4v) is 1.70. The van der Waals surface area contributed by atoms with Gasteiger partial charge in [-0.25, -0.2) is 4.39 Å². The highest BCUT2D eigenvalue weighted by atomic mass is 19.1. The lowest BCUT2D eigenvalue weighted by Crippen LogP contribution is -2.22. The lowest BCUT2D eigenvalue weighted by atomic mass is 10.1. The Morgan fingerprint density at radius 3 is 2.68 bits per heavy atom. The highest BCUT2D eigenvalue weighted by Gasteiger charge is 2.07. The Morgan fingerprint density at radius 2 is 2.00 bits per heavy atom. The molecular weight excluding hydrogens is 245 g/mol. The van der Waals surface area contributed by atoms with Crippen molar-refractivity contribution in [2.75, 3.05) is 0 Å². The standard InChI is InChI=1S/C14H8FN3O/c15-13-4-3-10(7-16)6-12(13)9-18-5-1-2-11(8-17)14(18)19/h1-6H,9H2. The number of pyridine rings is 1. The summed E-state index contributed by atoms with van der Waals surface area (Å²) in [7, 11) is 0. The zero-order chi connectivity index (χ0) is 13.8. The molecule has 0 saturated carbocycles. The van der Waals surface area contributed by atoms with Crippen LogP contribution in [0.4, 0.5) is 4.39 Å². The van der Waals surface area contributed by atoms with Crippen LogP contribution in [0.5, 0.6) is 0 Å². The number of aromatic nitrogens is 1. The molecule has 19 heavy (non-hydrogen) atoms. The molecule has 0 bridgehead atoms. The predicted octanol–water partition coefficient (Wildman–Crippen LogP) is 1.78. The number of benzene rings is 1. The van der Waals surface area contributed by atoms with E-state index < -0.39 is 11.4 Å². The van der Waals surface area contributed by atoms with E-state index in [1.807, 2.05) is 6.07 Å². The summed E-state index contributed by atoms with van der Waals surface area (Å²) in [5, 5.41) is 17.5. The van der Waals surface area contributed by atoms with E-state index in [1.165, 1.54) is 35.0 Å². The van der Waals surface area contributed by atoms with Crippen LogP contribution in [0.2, 0.25) is 0 Å². The summed E-state index contributed by atoms with van der Waals surface area (Å²) < 4.78 is 14.9. The molecule has 2 rings (SSSR count). The van der Waals surface area contributed by atoms with Gasteiger partial charge in [0.1, 0.15) is 17.4 Å². The van der Waals surface area contributed by atoms with Crippen molar-refractivity contribution in [1.29, 1.82) is 10.5 Å². The normalized spacial score (nSPS) is 9.63. The quantitative estimate of drug-likeness (QED) is 0.819. The fraction of sp³-hybridized carbons (Fsp3) is 0.0714. The number of nitrogens with zero attached hydrogens (tertiary/aromatic N) is 3. The van der Waals surface area contributed by atoms with Crippen LogP contribution in [0.1, 0.15) is 16.7 Å². The molecule has 1 aromatic heterocycles. The smallest absolute Gasteiger partial charge is 0.268 e. The minimum absolute atomic E-state index is 0.000606. The zero-order valence-corrected chi connectivity index (χ0v) is 9.80. The maximum absolute atomic E-state index is 13.6. The van der Waals surface area contributed by atoms with Gasteiger partial charge >= 0.3 is 0 Å². The summed E-state index contributed by atoms with van der Waals surface area (Å²) in [4.78, 5) is 11.8. The molecule has 0 unspecified atom stereocenters. The van der Waals surface area contributed by atoms with Crippen molar-refractivity contribution >= 4 is 0 Å². The Balaban J connectivity index is 2.46. The summed E-state index contributed by atoms with van der Waals surface area (Å²) in [6.45, 7) is -0.0181. The van der Waals surface area contributed by atoms with E-state index in [1.54, 1.807) is 12.1 Å². The van der Waals surface area contributed by atoms with Crippen LogP contribution in [0.25, 0.3) is 0 Å². The molecule has 0 aliphatic rings. The Hall–Kier alpha value is -2.92. The van der Waals surface area contributed by atoms with Gasteiger partial charge in [-0.15, -0.1) is 0 Å². The molecule has 0 aliphatic heterocycles. The van der Waals surface area contributed by atoms with E-state index >= 15 is 0 Å². The Bertz CT molecular complexity index is 765. The van der Waals surface area contributed by atoms with Crippen molar-refractivity contribution in [2.45, 2.75) is 6.54 Å². The Labute approximate surface area is 108 Å². The fourth-order valence-electron chi connectivity index (χ4n) is 1.70. The molecule has 0 radical (unpaired) electrons. The molecule has 1 aromatic carbocycles. The van der Waals surface area contributed by atoms with Gasteiger partial charge in [0.15, 0.2) is 0 Å². The molecule has 1 heterocycles. The molecule has 0 atom stereocenters. The average molecular weight is 253 g/mol. The van der Waals surface area contributed by atoms with Gasteiger partial charge < -0.3 is 4.57 Å².